The molecule has 78 valence electrons. The van der Waals surface area contributed by atoms with Crippen molar-refractivity contribution in [3.8, 4) is 0 Å². The SMILES string of the molecule is CSc1ccc(C(N)CO)cc1SC. The van der Waals surface area contributed by atoms with Crippen molar-refractivity contribution in [2.75, 3.05) is 19.1 Å². The summed E-state index contributed by atoms with van der Waals surface area (Å²) in [5.74, 6) is 0. The minimum atomic E-state index is -0.267. The number of aliphatic hydroxyl groups excluding tert-OH is 1. The topological polar surface area (TPSA) is 46.2 Å². The molecule has 1 rings (SSSR count). The van der Waals surface area contributed by atoms with Crippen molar-refractivity contribution in [3.63, 3.8) is 0 Å². The summed E-state index contributed by atoms with van der Waals surface area (Å²) in [7, 11) is 0. The Morgan fingerprint density at radius 3 is 2.43 bits per heavy atom. The molecule has 0 aromatic heterocycles. The van der Waals surface area contributed by atoms with Crippen LogP contribution in [0, 0.1) is 0 Å². The molecule has 0 bridgehead atoms. The van der Waals surface area contributed by atoms with Gasteiger partial charge in [-0.1, -0.05) is 6.07 Å². The van der Waals surface area contributed by atoms with Gasteiger partial charge in [0.15, 0.2) is 0 Å². The second-order valence-corrected chi connectivity index (χ2v) is 4.60. The van der Waals surface area contributed by atoms with E-state index in [1.54, 1.807) is 23.5 Å². The van der Waals surface area contributed by atoms with Gasteiger partial charge in [0.1, 0.15) is 0 Å². The fourth-order valence-electron chi connectivity index (χ4n) is 1.19. The van der Waals surface area contributed by atoms with E-state index in [9.17, 15) is 0 Å². The van der Waals surface area contributed by atoms with Gasteiger partial charge >= 0.3 is 0 Å². The molecule has 1 aromatic rings. The number of rotatable bonds is 4. The molecule has 0 aliphatic rings. The summed E-state index contributed by atoms with van der Waals surface area (Å²) in [5.41, 5.74) is 6.74. The molecule has 1 unspecified atom stereocenters. The molecule has 0 spiro atoms. The van der Waals surface area contributed by atoms with Gasteiger partial charge in [0.05, 0.1) is 12.6 Å². The van der Waals surface area contributed by atoms with Gasteiger partial charge in [-0.25, -0.2) is 0 Å². The van der Waals surface area contributed by atoms with Crippen molar-refractivity contribution in [3.05, 3.63) is 23.8 Å². The van der Waals surface area contributed by atoms with E-state index in [1.165, 1.54) is 9.79 Å². The monoisotopic (exact) mass is 229 g/mol. The smallest absolute Gasteiger partial charge is 0.0624 e. The Labute approximate surface area is 93.3 Å². The van der Waals surface area contributed by atoms with E-state index >= 15 is 0 Å². The van der Waals surface area contributed by atoms with Crippen LogP contribution in [0.4, 0.5) is 0 Å². The standard InChI is InChI=1S/C10H15NOS2/c1-13-9-4-3-7(8(11)6-12)5-10(9)14-2/h3-5,8,12H,6,11H2,1-2H3. The highest BCUT2D eigenvalue weighted by Gasteiger charge is 2.07. The molecular weight excluding hydrogens is 214 g/mol. The minimum absolute atomic E-state index is 0.00750. The highest BCUT2D eigenvalue weighted by molar-refractivity contribution is 8.01. The third-order valence-corrected chi connectivity index (χ3v) is 3.74. The van der Waals surface area contributed by atoms with Crippen LogP contribution in [0.1, 0.15) is 11.6 Å². The highest BCUT2D eigenvalue weighted by Crippen LogP contribution is 2.30. The first kappa shape index (κ1) is 11.9. The van der Waals surface area contributed by atoms with E-state index in [4.69, 9.17) is 10.8 Å². The zero-order chi connectivity index (χ0) is 10.6. The molecule has 0 saturated carbocycles. The molecule has 0 saturated heterocycles. The predicted octanol–water partition coefficient (Wildman–Crippen LogP) is 2.12. The van der Waals surface area contributed by atoms with E-state index in [-0.39, 0.29) is 12.6 Å². The first-order chi connectivity index (χ1) is 6.72. The van der Waals surface area contributed by atoms with Gasteiger partial charge in [0.25, 0.3) is 0 Å². The Balaban J connectivity index is 3.01. The molecule has 4 heteroatoms. The highest BCUT2D eigenvalue weighted by atomic mass is 32.2. The van der Waals surface area contributed by atoms with Gasteiger partial charge in [0.2, 0.25) is 0 Å². The summed E-state index contributed by atoms with van der Waals surface area (Å²) < 4.78 is 0. The summed E-state index contributed by atoms with van der Waals surface area (Å²) in [4.78, 5) is 2.48. The molecule has 1 aromatic carbocycles. The predicted molar refractivity (Wildman–Crippen MR) is 64.0 cm³/mol. The zero-order valence-electron chi connectivity index (χ0n) is 8.36. The fourth-order valence-corrected chi connectivity index (χ4v) is 2.68. The molecule has 1 atom stereocenters. The van der Waals surface area contributed by atoms with Crippen LogP contribution >= 0.6 is 23.5 Å². The molecule has 3 N–H and O–H groups in total. The number of benzene rings is 1. The van der Waals surface area contributed by atoms with Gasteiger partial charge in [0, 0.05) is 9.79 Å². The number of nitrogens with two attached hydrogens (primary N) is 1. The van der Waals surface area contributed by atoms with Crippen molar-refractivity contribution < 1.29 is 5.11 Å². The second-order valence-electron chi connectivity index (χ2n) is 2.90. The summed E-state index contributed by atoms with van der Waals surface area (Å²) >= 11 is 3.43. The number of hydrogen-bond acceptors (Lipinski definition) is 4. The Morgan fingerprint density at radius 1 is 1.29 bits per heavy atom. The van der Waals surface area contributed by atoms with Crippen LogP contribution < -0.4 is 5.73 Å². The van der Waals surface area contributed by atoms with Crippen molar-refractivity contribution in [1.29, 1.82) is 0 Å². The molecule has 0 heterocycles. The zero-order valence-corrected chi connectivity index (χ0v) is 9.99. The summed E-state index contributed by atoms with van der Waals surface area (Å²) in [5, 5.41) is 8.94. The number of thioether (sulfide) groups is 2. The average Bonchev–Trinajstić information content (AvgIpc) is 2.26. The second kappa shape index (κ2) is 5.66. The maximum Gasteiger partial charge on any atom is 0.0624 e. The Kier molecular flexibility index (Phi) is 4.81. The number of aliphatic hydroxyl groups is 1. The van der Waals surface area contributed by atoms with E-state index in [2.05, 4.69) is 18.4 Å². The van der Waals surface area contributed by atoms with Crippen LogP contribution in [0.15, 0.2) is 28.0 Å². The molecule has 0 radical (unpaired) electrons. The Hall–Kier alpha value is -0.160. The van der Waals surface area contributed by atoms with Crippen LogP contribution in [0.3, 0.4) is 0 Å². The minimum Gasteiger partial charge on any atom is -0.394 e. The van der Waals surface area contributed by atoms with Gasteiger partial charge < -0.3 is 10.8 Å². The van der Waals surface area contributed by atoms with E-state index in [0.29, 0.717) is 0 Å². The normalized spacial score (nSPS) is 12.9. The maximum absolute atomic E-state index is 8.94. The Bertz CT molecular complexity index is 304. The maximum atomic E-state index is 8.94. The van der Waals surface area contributed by atoms with Gasteiger partial charge in [-0.3, -0.25) is 0 Å². The molecule has 0 fully saturated rings. The van der Waals surface area contributed by atoms with E-state index < -0.39 is 0 Å². The molecule has 0 amide bonds. The Morgan fingerprint density at radius 2 is 1.93 bits per heavy atom. The first-order valence-corrected chi connectivity index (χ1v) is 6.76. The lowest BCUT2D eigenvalue weighted by molar-refractivity contribution is 0.268. The van der Waals surface area contributed by atoms with E-state index in [0.717, 1.165) is 5.56 Å². The van der Waals surface area contributed by atoms with Crippen LogP contribution in [-0.4, -0.2) is 24.2 Å². The fraction of sp³-hybridized carbons (Fsp3) is 0.400. The molecule has 14 heavy (non-hydrogen) atoms. The molecule has 0 aliphatic heterocycles. The van der Waals surface area contributed by atoms with Crippen molar-refractivity contribution >= 4 is 23.5 Å². The lowest BCUT2D eigenvalue weighted by Crippen LogP contribution is -2.14. The van der Waals surface area contributed by atoms with Crippen LogP contribution in [-0.2, 0) is 0 Å². The van der Waals surface area contributed by atoms with Gasteiger partial charge in [-0.2, -0.15) is 0 Å². The van der Waals surface area contributed by atoms with E-state index in [1.807, 2.05) is 12.3 Å². The van der Waals surface area contributed by atoms with Gasteiger partial charge in [-0.15, -0.1) is 23.5 Å². The first-order valence-electron chi connectivity index (χ1n) is 4.31. The average molecular weight is 229 g/mol. The lowest BCUT2D eigenvalue weighted by Gasteiger charge is -2.11. The molecule has 0 aliphatic carbocycles. The third-order valence-electron chi connectivity index (χ3n) is 2.03. The van der Waals surface area contributed by atoms with Crippen molar-refractivity contribution in [1.82, 2.24) is 0 Å². The quantitative estimate of drug-likeness (QED) is 0.776. The molecule has 2 nitrogen and oxygen atoms in total. The largest absolute Gasteiger partial charge is 0.394 e. The van der Waals surface area contributed by atoms with Crippen LogP contribution in [0.2, 0.25) is 0 Å². The number of hydrogen-bond donors (Lipinski definition) is 2. The molecular formula is C10H15NOS2. The third kappa shape index (κ3) is 2.67. The van der Waals surface area contributed by atoms with Crippen LogP contribution in [0.5, 0.6) is 0 Å². The van der Waals surface area contributed by atoms with Gasteiger partial charge in [-0.05, 0) is 30.2 Å². The summed E-state index contributed by atoms with van der Waals surface area (Å²) in [6.07, 6.45) is 4.10. The lowest BCUT2D eigenvalue weighted by atomic mass is 10.1. The summed E-state index contributed by atoms with van der Waals surface area (Å²) in [6.45, 7) is -0.00750. The van der Waals surface area contributed by atoms with Crippen molar-refractivity contribution in [2.24, 2.45) is 5.73 Å². The summed E-state index contributed by atoms with van der Waals surface area (Å²) in [6, 6.07) is 5.82. The van der Waals surface area contributed by atoms with Crippen LogP contribution in [0.25, 0.3) is 0 Å². The van der Waals surface area contributed by atoms with Crippen molar-refractivity contribution in [2.45, 2.75) is 15.8 Å².